The van der Waals surface area contributed by atoms with Crippen molar-refractivity contribution < 1.29 is 53.2 Å². The maximum atomic E-state index is 10.4. The molecule has 0 bridgehead atoms. The standard InChI is InChI=1S/C72H60N4O/c1-70(2,3)50-34-37-73-68(42-50)76-64-27-16-15-26-58(64)60-32-30-53(44-66(60)76)77-52-21-17-20-51(43-52)74-45-75-65-40-48(46-18-9-8-10-19-46)28-31-59(65)56-24-13-11-22-54(56)55-23-12-14-25-57(55)61-38-49(41-67(74)69(61)75)47-29-33-62-63(39-47)72(6,7)36-35-71(62,4)5/h8-34,37-44H,35-36H2,1-7H3/i4D3,5D3,6D3,7D3,8D,9D,10D,11D,12D,13D,14D,18D,19D,22D,23D,24D,25D,29D,33D,35D2,36D2,39D. The van der Waals surface area contributed by atoms with E-state index in [1.807, 2.05) is 47.0 Å². The minimum absolute atomic E-state index is 0.0452. The van der Waals surface area contributed by atoms with E-state index in [0.717, 1.165) is 34.0 Å². The Bertz CT molecular complexity index is 5940. The largest absolute Gasteiger partial charge is 0.458 e. The number of fused-ring (bicyclic) bond motifs is 11. The smallest absolute Gasteiger partial charge is 0.269 e. The van der Waals surface area contributed by atoms with E-state index in [9.17, 15) is 19.2 Å². The van der Waals surface area contributed by atoms with Gasteiger partial charge >= 0.3 is 0 Å². The zero-order valence-electron chi connectivity index (χ0n) is 73.2. The molecule has 0 atom stereocenters. The first kappa shape index (κ1) is 24.0. The minimum Gasteiger partial charge on any atom is -0.458 e. The summed E-state index contributed by atoms with van der Waals surface area (Å²) in [6, 6.07) is 13.4. The van der Waals surface area contributed by atoms with E-state index in [-0.39, 0.29) is 56.0 Å². The van der Waals surface area contributed by atoms with Crippen LogP contribution >= 0.6 is 0 Å². The van der Waals surface area contributed by atoms with Gasteiger partial charge in [-0.15, -0.1) is 0 Å². The molecule has 374 valence electrons. The highest BCUT2D eigenvalue weighted by Crippen LogP contribution is 2.49. The molecule has 0 radical (unpaired) electrons. The summed E-state index contributed by atoms with van der Waals surface area (Å²) in [5.41, 5.74) is -16.4. The Morgan fingerprint density at radius 1 is 0.571 bits per heavy atom. The second-order valence-electron chi connectivity index (χ2n) is 19.9. The van der Waals surface area contributed by atoms with E-state index in [2.05, 4.69) is 27.1 Å². The Morgan fingerprint density at radius 3 is 2.04 bits per heavy atom. The van der Waals surface area contributed by atoms with Crippen molar-refractivity contribution in [3.8, 4) is 84.3 Å². The first-order valence-corrected chi connectivity index (χ1v) is 24.4. The van der Waals surface area contributed by atoms with Crippen molar-refractivity contribution in [3.05, 3.63) is 235 Å². The van der Waals surface area contributed by atoms with Gasteiger partial charge in [-0.25, -0.2) is 4.98 Å². The summed E-state index contributed by atoms with van der Waals surface area (Å²) in [4.78, 5) is 4.80. The molecule has 9 aromatic carbocycles. The van der Waals surface area contributed by atoms with Crippen LogP contribution in [-0.4, -0.2) is 14.1 Å². The molecule has 4 heterocycles. The Hall–Kier alpha value is -8.80. The zero-order valence-corrected chi connectivity index (χ0v) is 41.2. The molecule has 3 aromatic heterocycles. The fourth-order valence-electron chi connectivity index (χ4n) is 10.3. The normalized spacial score (nSPS) is 22.2. The molecule has 0 N–H and O–H groups in total. The number of imidazole rings is 1. The van der Waals surface area contributed by atoms with Crippen LogP contribution < -0.4 is 9.30 Å². The van der Waals surface area contributed by atoms with Crippen molar-refractivity contribution in [2.24, 2.45) is 0 Å². The Labute approximate surface area is 496 Å². The van der Waals surface area contributed by atoms with Crippen molar-refractivity contribution in [2.75, 3.05) is 0 Å². The van der Waals surface area contributed by atoms with Crippen LogP contribution in [0.1, 0.15) is 121 Å². The summed E-state index contributed by atoms with van der Waals surface area (Å²) >= 11 is 0. The molecule has 12 aromatic rings. The monoisotopic (exact) mass is 1030 g/mol. The van der Waals surface area contributed by atoms with E-state index in [1.165, 1.54) is 39.5 Å². The fourth-order valence-corrected chi connectivity index (χ4v) is 10.3. The molecule has 2 aliphatic rings. The first-order chi connectivity index (χ1) is 50.5. The third-order valence-electron chi connectivity index (χ3n) is 14.0. The van der Waals surface area contributed by atoms with Gasteiger partial charge in [-0.3, -0.25) is 13.7 Å². The minimum atomic E-state index is -4.74. The molecular formula is C72H60N4O. The lowest BCUT2D eigenvalue weighted by Gasteiger charge is -2.42. The van der Waals surface area contributed by atoms with Crippen LogP contribution in [0.25, 0.3) is 106 Å². The summed E-state index contributed by atoms with van der Waals surface area (Å²) in [6.45, 7) is -11.5. The SMILES string of the molecule is [2H]c1c([2H])c([2H])c(-c2ccc3c(c2)-[n+]2[c-]n(-c4cccc(Oc5ccc6c7ccccc7n(-c7cc(C(C)(C)C)ccn7)c6c5)c4)c4cc(-c5c([2H])c([2H])c6c(c5[2H])C(C([2H])([2H])[2H])(C([2H])([2H])[2H])C([2H])([2H])C([2H])([2H])C6(C([2H])([2H])[2H])C([2H])([2H])[2H])cc(c42)-c2c([2H])c([2H])c([2H])c([2H])c2-c2c([2H])c([2H])c([2H])c([2H])c2-3)c([2H])c1[2H]. The quantitative estimate of drug-likeness (QED) is 0.123. The van der Waals surface area contributed by atoms with Gasteiger partial charge in [-0.2, -0.15) is 0 Å². The van der Waals surface area contributed by atoms with E-state index in [0.29, 0.717) is 11.3 Å². The lowest BCUT2D eigenvalue weighted by molar-refractivity contribution is -0.571. The maximum absolute atomic E-state index is 10.4. The molecule has 0 unspecified atom stereocenters. The zero-order chi connectivity index (χ0) is 79.9. The number of pyridine rings is 1. The lowest BCUT2D eigenvalue weighted by Crippen LogP contribution is -2.33. The maximum Gasteiger partial charge on any atom is 0.269 e. The van der Waals surface area contributed by atoms with Gasteiger partial charge in [0, 0.05) is 45.0 Å². The van der Waals surface area contributed by atoms with Gasteiger partial charge in [0.1, 0.15) is 17.3 Å². The predicted molar refractivity (Wildman–Crippen MR) is 317 cm³/mol. The Kier molecular flexibility index (Phi) is 5.42. The van der Waals surface area contributed by atoms with Crippen LogP contribution in [0.3, 0.4) is 0 Å². The van der Waals surface area contributed by atoms with Crippen LogP contribution in [-0.2, 0) is 16.2 Å². The molecular weight excluding hydrogens is 937 g/mol. The molecule has 0 saturated carbocycles. The highest BCUT2D eigenvalue weighted by molar-refractivity contribution is 6.09. The topological polar surface area (TPSA) is 35.9 Å². The van der Waals surface area contributed by atoms with Gasteiger partial charge in [-0.05, 0) is 162 Å². The number of rotatable bonds is 6. The molecule has 1 aliphatic carbocycles. The van der Waals surface area contributed by atoms with Gasteiger partial charge in [0.25, 0.3) is 6.33 Å². The molecule has 0 saturated heterocycles. The van der Waals surface area contributed by atoms with E-state index >= 15 is 0 Å². The van der Waals surface area contributed by atoms with Crippen LogP contribution in [0.5, 0.6) is 11.5 Å². The number of hydrogen-bond acceptors (Lipinski definition) is 2. The number of benzene rings is 9. The second kappa shape index (κ2) is 17.4. The van der Waals surface area contributed by atoms with E-state index in [1.54, 1.807) is 30.5 Å². The second-order valence-corrected chi connectivity index (χ2v) is 19.9. The van der Waals surface area contributed by atoms with Crippen molar-refractivity contribution in [3.63, 3.8) is 0 Å². The van der Waals surface area contributed by atoms with Gasteiger partial charge in [0.05, 0.1) is 55.4 Å². The summed E-state index contributed by atoms with van der Waals surface area (Å²) in [6.07, 6.45) is -4.44. The number of hydrogen-bond donors (Lipinski definition) is 0. The lowest BCUT2D eigenvalue weighted by atomic mass is 9.63. The number of aromatic nitrogens is 4. The predicted octanol–water partition coefficient (Wildman–Crippen LogP) is 18.3. The van der Waals surface area contributed by atoms with Crippen LogP contribution in [0.2, 0.25) is 0 Å². The molecule has 0 fully saturated rings. The van der Waals surface area contributed by atoms with Crippen molar-refractivity contribution in [2.45, 2.75) is 77.2 Å². The summed E-state index contributed by atoms with van der Waals surface area (Å²) in [5, 5.41) is 1.72. The summed E-state index contributed by atoms with van der Waals surface area (Å²) < 4.78 is 308. The third-order valence-corrected chi connectivity index (χ3v) is 14.0. The van der Waals surface area contributed by atoms with Crippen molar-refractivity contribution in [1.29, 1.82) is 0 Å². The Morgan fingerprint density at radius 2 is 1.27 bits per heavy atom. The molecule has 0 amide bonds. The third kappa shape index (κ3) is 7.73. The molecule has 5 heteroatoms. The van der Waals surface area contributed by atoms with Crippen LogP contribution in [0, 0.1) is 6.33 Å². The van der Waals surface area contributed by atoms with E-state index in [4.69, 9.17) is 34.4 Å². The van der Waals surface area contributed by atoms with Gasteiger partial charge in [-0.1, -0.05) is 187 Å². The molecule has 14 rings (SSSR count). The summed E-state index contributed by atoms with van der Waals surface area (Å²) in [5.74, 6) is 0.979. The average molecular weight is 1030 g/mol. The van der Waals surface area contributed by atoms with Crippen molar-refractivity contribution in [1.82, 2.24) is 14.1 Å². The molecule has 77 heavy (non-hydrogen) atoms. The Balaban J connectivity index is 1.17. The van der Waals surface area contributed by atoms with E-state index < -0.39 is 198 Å². The van der Waals surface area contributed by atoms with Gasteiger partial charge in [0.15, 0.2) is 0 Å². The molecule has 0 spiro atoms. The number of ether oxygens (including phenoxy) is 1. The van der Waals surface area contributed by atoms with Crippen molar-refractivity contribution >= 4 is 32.8 Å². The van der Waals surface area contributed by atoms with Gasteiger partial charge in [0.2, 0.25) is 0 Å². The summed E-state index contributed by atoms with van der Waals surface area (Å²) in [7, 11) is 0. The van der Waals surface area contributed by atoms with Gasteiger partial charge < -0.3 is 4.74 Å². The number of para-hydroxylation sites is 1. The molecule has 5 nitrogen and oxygen atoms in total. The average Bonchev–Trinajstić information content (AvgIpc) is 0.997. The highest BCUT2D eigenvalue weighted by atomic mass is 16.5. The van der Waals surface area contributed by atoms with Crippen LogP contribution in [0.15, 0.2) is 212 Å². The number of nitrogens with zero attached hydrogens (tertiary/aromatic N) is 4. The first-order valence-electron chi connectivity index (χ1n) is 40.4. The molecule has 1 aliphatic heterocycles. The van der Waals surface area contributed by atoms with Crippen LogP contribution in [0.4, 0.5) is 0 Å². The fraction of sp³-hybridized carbons (Fsp3) is 0.167. The highest BCUT2D eigenvalue weighted by Gasteiger charge is 2.37.